The van der Waals surface area contributed by atoms with Gasteiger partial charge in [-0.15, -0.1) is 0 Å². The van der Waals surface area contributed by atoms with E-state index in [1.54, 1.807) is 18.2 Å². The molecule has 1 N–H and O–H groups in total. The molecule has 16 heavy (non-hydrogen) atoms. The molecule has 0 unspecified atom stereocenters. The van der Waals surface area contributed by atoms with Crippen molar-refractivity contribution in [1.82, 2.24) is 0 Å². The summed E-state index contributed by atoms with van der Waals surface area (Å²) >= 11 is 0. The van der Waals surface area contributed by atoms with Crippen LogP contribution in [-0.4, -0.2) is 10.5 Å². The lowest BCUT2D eigenvalue weighted by Gasteiger charge is -2.40. The normalized spacial score (nSPS) is 17.6. The lowest BCUT2D eigenvalue weighted by Crippen LogP contribution is -2.41. The Morgan fingerprint density at radius 2 is 2.12 bits per heavy atom. The van der Waals surface area contributed by atoms with E-state index in [1.165, 1.54) is 6.42 Å². The molecule has 1 aromatic rings. The van der Waals surface area contributed by atoms with Crippen LogP contribution in [0.15, 0.2) is 18.2 Å². The van der Waals surface area contributed by atoms with Gasteiger partial charge in [-0.2, -0.15) is 0 Å². The molecule has 86 valence electrons. The molecular weight excluding hydrogens is 204 g/mol. The van der Waals surface area contributed by atoms with Crippen LogP contribution in [-0.2, 0) is 0 Å². The zero-order valence-corrected chi connectivity index (χ0v) is 9.62. The molecule has 0 spiro atoms. The first-order chi connectivity index (χ1) is 7.50. The van der Waals surface area contributed by atoms with Gasteiger partial charge in [0.15, 0.2) is 0 Å². The second kappa shape index (κ2) is 3.77. The van der Waals surface area contributed by atoms with E-state index < -0.39 is 0 Å². The SMILES string of the molecule is Cc1ccc([N+](=O)[O-])cc1NC1(C)CCC1. The van der Waals surface area contributed by atoms with Gasteiger partial charge in [0.2, 0.25) is 0 Å². The van der Waals surface area contributed by atoms with Crippen LogP contribution in [0.1, 0.15) is 31.7 Å². The van der Waals surface area contributed by atoms with E-state index in [0.717, 1.165) is 24.1 Å². The van der Waals surface area contributed by atoms with E-state index in [9.17, 15) is 10.1 Å². The second-order valence-corrected chi connectivity index (χ2v) is 4.80. The zero-order chi connectivity index (χ0) is 11.8. The van der Waals surface area contributed by atoms with Gasteiger partial charge in [-0.05, 0) is 38.7 Å². The number of aryl methyl sites for hydroxylation is 1. The number of hydrogen-bond donors (Lipinski definition) is 1. The fourth-order valence-corrected chi connectivity index (χ4v) is 2.02. The first-order valence-electron chi connectivity index (χ1n) is 5.53. The van der Waals surface area contributed by atoms with Gasteiger partial charge in [-0.1, -0.05) is 6.07 Å². The Morgan fingerprint density at radius 1 is 1.44 bits per heavy atom. The Balaban J connectivity index is 2.25. The van der Waals surface area contributed by atoms with Crippen molar-refractivity contribution in [3.05, 3.63) is 33.9 Å². The number of benzene rings is 1. The summed E-state index contributed by atoms with van der Waals surface area (Å²) in [4.78, 5) is 10.3. The van der Waals surface area contributed by atoms with Crippen molar-refractivity contribution in [2.24, 2.45) is 0 Å². The molecule has 1 fully saturated rings. The maximum atomic E-state index is 10.7. The average molecular weight is 220 g/mol. The Kier molecular flexibility index (Phi) is 2.58. The van der Waals surface area contributed by atoms with Gasteiger partial charge >= 0.3 is 0 Å². The van der Waals surface area contributed by atoms with Crippen molar-refractivity contribution >= 4 is 11.4 Å². The molecule has 0 saturated heterocycles. The maximum Gasteiger partial charge on any atom is 0.271 e. The molecule has 0 amide bonds. The van der Waals surface area contributed by atoms with E-state index in [4.69, 9.17) is 0 Å². The third-order valence-electron chi connectivity index (χ3n) is 3.33. The molecule has 0 bridgehead atoms. The second-order valence-electron chi connectivity index (χ2n) is 4.80. The van der Waals surface area contributed by atoms with Crippen LogP contribution in [0.3, 0.4) is 0 Å². The van der Waals surface area contributed by atoms with Crippen LogP contribution in [0.2, 0.25) is 0 Å². The predicted octanol–water partition coefficient (Wildman–Crippen LogP) is 3.26. The Bertz CT molecular complexity index is 425. The molecule has 4 heteroatoms. The number of nitro benzene ring substituents is 1. The molecule has 0 aromatic heterocycles. The van der Waals surface area contributed by atoms with Crippen LogP contribution in [0, 0.1) is 17.0 Å². The van der Waals surface area contributed by atoms with E-state index in [2.05, 4.69) is 12.2 Å². The Labute approximate surface area is 94.8 Å². The van der Waals surface area contributed by atoms with Crippen LogP contribution >= 0.6 is 0 Å². The molecule has 0 atom stereocenters. The average Bonchev–Trinajstić information content (AvgIpc) is 2.18. The number of rotatable bonds is 3. The van der Waals surface area contributed by atoms with Gasteiger partial charge in [-0.3, -0.25) is 10.1 Å². The first kappa shape index (κ1) is 10.9. The molecule has 1 aromatic carbocycles. The monoisotopic (exact) mass is 220 g/mol. The summed E-state index contributed by atoms with van der Waals surface area (Å²) in [7, 11) is 0. The molecular formula is C12H16N2O2. The van der Waals surface area contributed by atoms with Gasteiger partial charge in [0, 0.05) is 23.4 Å². The lowest BCUT2D eigenvalue weighted by molar-refractivity contribution is -0.384. The largest absolute Gasteiger partial charge is 0.379 e. The third-order valence-corrected chi connectivity index (χ3v) is 3.33. The molecule has 4 nitrogen and oxygen atoms in total. The van der Waals surface area contributed by atoms with E-state index in [1.807, 2.05) is 6.92 Å². The van der Waals surface area contributed by atoms with Gasteiger partial charge in [0.1, 0.15) is 0 Å². The molecule has 0 heterocycles. The highest BCUT2D eigenvalue weighted by molar-refractivity contribution is 5.58. The van der Waals surface area contributed by atoms with Crippen molar-refractivity contribution in [2.45, 2.75) is 38.6 Å². The topological polar surface area (TPSA) is 55.2 Å². The van der Waals surface area contributed by atoms with Crippen molar-refractivity contribution in [1.29, 1.82) is 0 Å². The first-order valence-corrected chi connectivity index (χ1v) is 5.53. The summed E-state index contributed by atoms with van der Waals surface area (Å²) in [5.41, 5.74) is 2.21. The van der Waals surface area contributed by atoms with Crippen molar-refractivity contribution < 1.29 is 4.92 Å². The smallest absolute Gasteiger partial charge is 0.271 e. The van der Waals surface area contributed by atoms with Crippen LogP contribution < -0.4 is 5.32 Å². The minimum Gasteiger partial charge on any atom is -0.379 e. The minimum atomic E-state index is -0.353. The number of nitrogens with zero attached hydrogens (tertiary/aromatic N) is 1. The number of anilines is 1. The fraction of sp³-hybridized carbons (Fsp3) is 0.500. The highest BCUT2D eigenvalue weighted by atomic mass is 16.6. The van der Waals surface area contributed by atoms with Crippen molar-refractivity contribution in [3.63, 3.8) is 0 Å². The minimum absolute atomic E-state index is 0.125. The van der Waals surface area contributed by atoms with Crippen molar-refractivity contribution in [2.75, 3.05) is 5.32 Å². The zero-order valence-electron chi connectivity index (χ0n) is 9.62. The van der Waals surface area contributed by atoms with Crippen LogP contribution in [0.5, 0.6) is 0 Å². The van der Waals surface area contributed by atoms with Crippen LogP contribution in [0.4, 0.5) is 11.4 Å². The van der Waals surface area contributed by atoms with E-state index >= 15 is 0 Å². The summed E-state index contributed by atoms with van der Waals surface area (Å²) in [6.07, 6.45) is 3.50. The number of non-ortho nitro benzene ring substituents is 1. The number of hydrogen-bond acceptors (Lipinski definition) is 3. The molecule has 2 rings (SSSR count). The van der Waals surface area contributed by atoms with E-state index in [-0.39, 0.29) is 16.1 Å². The van der Waals surface area contributed by atoms with Gasteiger partial charge in [0.25, 0.3) is 5.69 Å². The van der Waals surface area contributed by atoms with Crippen molar-refractivity contribution in [3.8, 4) is 0 Å². The summed E-state index contributed by atoms with van der Waals surface area (Å²) in [6, 6.07) is 4.96. The molecule has 1 saturated carbocycles. The Hall–Kier alpha value is -1.58. The molecule has 0 aliphatic heterocycles. The highest BCUT2D eigenvalue weighted by Crippen LogP contribution is 2.36. The standard InChI is InChI=1S/C12H16N2O2/c1-9-4-5-10(14(15)16)8-11(9)13-12(2)6-3-7-12/h4-5,8,13H,3,6-7H2,1-2H3. The maximum absolute atomic E-state index is 10.7. The van der Waals surface area contributed by atoms with Gasteiger partial charge < -0.3 is 5.32 Å². The fourth-order valence-electron chi connectivity index (χ4n) is 2.02. The number of nitrogens with one attached hydrogen (secondary N) is 1. The summed E-state index contributed by atoms with van der Waals surface area (Å²) in [5.74, 6) is 0. The van der Waals surface area contributed by atoms with Gasteiger partial charge in [0.05, 0.1) is 4.92 Å². The summed E-state index contributed by atoms with van der Waals surface area (Å²) in [6.45, 7) is 4.13. The molecule has 0 radical (unpaired) electrons. The Morgan fingerprint density at radius 3 is 2.62 bits per heavy atom. The van der Waals surface area contributed by atoms with Crippen LogP contribution in [0.25, 0.3) is 0 Å². The molecule has 1 aliphatic rings. The number of nitro groups is 1. The van der Waals surface area contributed by atoms with Gasteiger partial charge in [-0.25, -0.2) is 0 Å². The summed E-state index contributed by atoms with van der Waals surface area (Å²) < 4.78 is 0. The highest BCUT2D eigenvalue weighted by Gasteiger charge is 2.31. The predicted molar refractivity (Wildman–Crippen MR) is 63.7 cm³/mol. The lowest BCUT2D eigenvalue weighted by atomic mass is 9.78. The molecule has 1 aliphatic carbocycles. The van der Waals surface area contributed by atoms with E-state index in [0.29, 0.717) is 0 Å². The third kappa shape index (κ3) is 2.01. The summed E-state index contributed by atoms with van der Waals surface area (Å²) in [5, 5.41) is 14.1. The quantitative estimate of drug-likeness (QED) is 0.628.